The highest BCUT2D eigenvalue weighted by atomic mass is 19.4. The molecule has 3 aromatic carbocycles. The van der Waals surface area contributed by atoms with Gasteiger partial charge in [0.1, 0.15) is 17.3 Å². The molecule has 9 heteroatoms. The zero-order valence-electron chi connectivity index (χ0n) is 18.7. The number of ketones is 1. The van der Waals surface area contributed by atoms with Gasteiger partial charge in [-0.05, 0) is 48.5 Å². The van der Waals surface area contributed by atoms with Gasteiger partial charge in [0.15, 0.2) is 0 Å². The fourth-order valence-electron chi connectivity index (χ4n) is 4.02. The summed E-state index contributed by atoms with van der Waals surface area (Å²) in [6, 6.07) is 15.5. The van der Waals surface area contributed by atoms with Gasteiger partial charge < -0.3 is 14.6 Å². The van der Waals surface area contributed by atoms with Crippen molar-refractivity contribution in [2.75, 3.05) is 19.1 Å². The van der Waals surface area contributed by atoms with Crippen LogP contribution >= 0.6 is 0 Å². The Labute approximate surface area is 198 Å². The van der Waals surface area contributed by atoms with Crippen LogP contribution in [0.3, 0.4) is 0 Å². The zero-order chi connectivity index (χ0) is 25.3. The van der Waals surface area contributed by atoms with Crippen LogP contribution in [0.2, 0.25) is 0 Å². The summed E-state index contributed by atoms with van der Waals surface area (Å²) in [6.45, 7) is 0. The van der Waals surface area contributed by atoms with Gasteiger partial charge in [0.25, 0.3) is 11.7 Å². The average Bonchev–Trinajstić information content (AvgIpc) is 3.13. The van der Waals surface area contributed by atoms with E-state index in [0.717, 1.165) is 23.1 Å². The van der Waals surface area contributed by atoms with Gasteiger partial charge in [0.2, 0.25) is 0 Å². The molecule has 1 fully saturated rings. The number of aliphatic hydroxyl groups is 1. The van der Waals surface area contributed by atoms with E-state index in [4.69, 9.17) is 9.47 Å². The number of rotatable bonds is 5. The van der Waals surface area contributed by atoms with E-state index >= 15 is 0 Å². The van der Waals surface area contributed by atoms with Crippen LogP contribution < -0.4 is 14.4 Å². The highest BCUT2D eigenvalue weighted by molar-refractivity contribution is 6.51. The highest BCUT2D eigenvalue weighted by Gasteiger charge is 2.48. The summed E-state index contributed by atoms with van der Waals surface area (Å²) in [7, 11) is 2.86. The molecule has 1 aliphatic rings. The Morgan fingerprint density at radius 2 is 1.60 bits per heavy atom. The number of ether oxygens (including phenoxy) is 2. The molecule has 180 valence electrons. The van der Waals surface area contributed by atoms with Gasteiger partial charge in [-0.2, -0.15) is 13.2 Å². The number of para-hydroxylation sites is 1. The fraction of sp³-hybridized carbons (Fsp3) is 0.154. The van der Waals surface area contributed by atoms with Gasteiger partial charge in [-0.1, -0.05) is 24.3 Å². The third kappa shape index (κ3) is 4.32. The van der Waals surface area contributed by atoms with Crippen molar-refractivity contribution in [3.63, 3.8) is 0 Å². The molecule has 1 saturated heterocycles. The van der Waals surface area contributed by atoms with Crippen molar-refractivity contribution in [3.8, 4) is 11.5 Å². The number of aliphatic hydroxyl groups excluding tert-OH is 1. The van der Waals surface area contributed by atoms with Crippen molar-refractivity contribution in [1.82, 2.24) is 0 Å². The first-order valence-electron chi connectivity index (χ1n) is 10.4. The quantitative estimate of drug-likeness (QED) is 0.301. The Morgan fingerprint density at radius 3 is 2.23 bits per heavy atom. The Bertz CT molecular complexity index is 1320. The summed E-state index contributed by atoms with van der Waals surface area (Å²) in [4.78, 5) is 27.3. The number of carbonyl (C=O) groups is 2. The number of halogens is 3. The lowest BCUT2D eigenvalue weighted by molar-refractivity contribution is -0.137. The number of anilines is 1. The molecule has 1 unspecified atom stereocenters. The summed E-state index contributed by atoms with van der Waals surface area (Å²) in [6.07, 6.45) is -4.66. The normalized spacial score (nSPS) is 17.5. The van der Waals surface area contributed by atoms with E-state index in [9.17, 15) is 27.9 Å². The lowest BCUT2D eigenvalue weighted by atomic mass is 9.94. The number of Topliss-reactive ketones (excluding diaryl/α,β-unsaturated/α-hetero) is 1. The smallest absolute Gasteiger partial charge is 0.416 e. The number of carbonyl (C=O) groups excluding carboxylic acids is 2. The predicted molar refractivity (Wildman–Crippen MR) is 122 cm³/mol. The number of hydrogen-bond acceptors (Lipinski definition) is 5. The van der Waals surface area contributed by atoms with E-state index in [1.807, 2.05) is 0 Å². The molecule has 0 saturated carbocycles. The van der Waals surface area contributed by atoms with Crippen molar-refractivity contribution in [1.29, 1.82) is 0 Å². The first-order chi connectivity index (χ1) is 16.7. The monoisotopic (exact) mass is 483 g/mol. The standard InChI is InChI=1S/C26H20F3NO5/c1-34-18-12-10-15(11-13-18)23(31)21-22(19-8-3-4-9-20(19)35-2)30(25(33)24(21)32)17-7-5-6-16(14-17)26(27,28)29/h3-14,22,31H,1-2H3. The minimum absolute atomic E-state index is 0.147. The first kappa shape index (κ1) is 23.9. The highest BCUT2D eigenvalue weighted by Crippen LogP contribution is 2.45. The van der Waals surface area contributed by atoms with Crippen LogP contribution in [0.4, 0.5) is 18.9 Å². The van der Waals surface area contributed by atoms with E-state index in [-0.39, 0.29) is 22.6 Å². The van der Waals surface area contributed by atoms with Crippen LogP contribution in [-0.4, -0.2) is 31.0 Å². The van der Waals surface area contributed by atoms with Crippen molar-refractivity contribution >= 4 is 23.1 Å². The second kappa shape index (κ2) is 9.17. The van der Waals surface area contributed by atoms with E-state index in [1.54, 1.807) is 36.4 Å². The van der Waals surface area contributed by atoms with Gasteiger partial charge in [0, 0.05) is 16.8 Å². The van der Waals surface area contributed by atoms with Gasteiger partial charge in [-0.25, -0.2) is 0 Å². The molecule has 0 radical (unpaired) electrons. The topological polar surface area (TPSA) is 76.1 Å². The van der Waals surface area contributed by atoms with Crippen molar-refractivity contribution in [3.05, 3.63) is 95.1 Å². The van der Waals surface area contributed by atoms with E-state index < -0.39 is 35.2 Å². The fourth-order valence-corrected chi connectivity index (χ4v) is 4.02. The molecule has 35 heavy (non-hydrogen) atoms. The molecule has 0 bridgehead atoms. The first-order valence-corrected chi connectivity index (χ1v) is 10.4. The third-order valence-electron chi connectivity index (χ3n) is 5.69. The number of methoxy groups -OCH3 is 2. The van der Waals surface area contributed by atoms with Crippen LogP contribution in [0.1, 0.15) is 22.7 Å². The SMILES string of the molecule is COc1ccc(C(O)=C2C(=O)C(=O)N(c3cccc(C(F)(F)F)c3)C2c2ccccc2OC)cc1. The van der Waals surface area contributed by atoms with Crippen molar-refractivity contribution in [2.24, 2.45) is 0 Å². The summed E-state index contributed by atoms with van der Waals surface area (Å²) >= 11 is 0. The molecule has 6 nitrogen and oxygen atoms in total. The largest absolute Gasteiger partial charge is 0.507 e. The Kier molecular flexibility index (Phi) is 6.26. The van der Waals surface area contributed by atoms with Crippen molar-refractivity contribution in [2.45, 2.75) is 12.2 Å². The van der Waals surface area contributed by atoms with Gasteiger partial charge in [0.05, 0.1) is 31.4 Å². The Hall–Kier alpha value is -4.27. The molecule has 1 amide bonds. The summed E-state index contributed by atoms with van der Waals surface area (Å²) < 4.78 is 50.7. The van der Waals surface area contributed by atoms with Crippen LogP contribution in [0.25, 0.3) is 5.76 Å². The third-order valence-corrected chi connectivity index (χ3v) is 5.69. The van der Waals surface area contributed by atoms with Crippen LogP contribution in [0.5, 0.6) is 11.5 Å². The number of nitrogens with zero attached hydrogens (tertiary/aromatic N) is 1. The second-order valence-electron chi connectivity index (χ2n) is 7.69. The predicted octanol–water partition coefficient (Wildman–Crippen LogP) is 5.35. The minimum Gasteiger partial charge on any atom is -0.507 e. The number of hydrogen-bond donors (Lipinski definition) is 1. The van der Waals surface area contributed by atoms with Crippen LogP contribution in [0, 0.1) is 0 Å². The molecule has 0 aliphatic carbocycles. The molecule has 0 spiro atoms. The molecular formula is C26H20F3NO5. The Balaban J connectivity index is 1.96. The molecular weight excluding hydrogens is 463 g/mol. The maximum absolute atomic E-state index is 13.4. The molecule has 1 aliphatic heterocycles. The second-order valence-corrected chi connectivity index (χ2v) is 7.69. The van der Waals surface area contributed by atoms with Crippen molar-refractivity contribution < 1.29 is 37.3 Å². The summed E-state index contributed by atoms with van der Waals surface area (Å²) in [5, 5.41) is 11.1. The lowest BCUT2D eigenvalue weighted by Crippen LogP contribution is -2.30. The number of benzene rings is 3. The zero-order valence-corrected chi connectivity index (χ0v) is 18.7. The molecule has 1 N–H and O–H groups in total. The van der Waals surface area contributed by atoms with Gasteiger partial charge in [-0.3, -0.25) is 14.5 Å². The number of amides is 1. The van der Waals surface area contributed by atoms with Gasteiger partial charge >= 0.3 is 6.18 Å². The molecule has 4 rings (SSSR count). The maximum Gasteiger partial charge on any atom is 0.416 e. The minimum atomic E-state index is -4.66. The molecule has 1 atom stereocenters. The lowest BCUT2D eigenvalue weighted by Gasteiger charge is -2.27. The molecule has 0 aromatic heterocycles. The molecule has 1 heterocycles. The van der Waals surface area contributed by atoms with Crippen LogP contribution in [0.15, 0.2) is 78.4 Å². The number of alkyl halides is 3. The molecule has 3 aromatic rings. The van der Waals surface area contributed by atoms with E-state index in [0.29, 0.717) is 11.3 Å². The van der Waals surface area contributed by atoms with E-state index in [1.165, 1.54) is 32.4 Å². The maximum atomic E-state index is 13.4. The summed E-state index contributed by atoms with van der Waals surface area (Å²) in [5.41, 5.74) is -0.853. The van der Waals surface area contributed by atoms with Gasteiger partial charge in [-0.15, -0.1) is 0 Å². The Morgan fingerprint density at radius 1 is 0.914 bits per heavy atom. The van der Waals surface area contributed by atoms with E-state index in [2.05, 4.69) is 0 Å². The summed E-state index contributed by atoms with van der Waals surface area (Å²) in [5.74, 6) is -1.79. The van der Waals surface area contributed by atoms with Crippen LogP contribution in [-0.2, 0) is 15.8 Å². The average molecular weight is 483 g/mol.